The van der Waals surface area contributed by atoms with Crippen molar-refractivity contribution in [3.8, 4) is 0 Å². The molecule has 0 radical (unpaired) electrons. The number of carbonyl (C=O) groups is 1. The maximum Gasteiger partial charge on any atom is 0.242 e. The summed E-state index contributed by atoms with van der Waals surface area (Å²) in [7, 11) is 0. The van der Waals surface area contributed by atoms with Crippen LogP contribution in [0, 0.1) is 0 Å². The predicted octanol–water partition coefficient (Wildman–Crippen LogP) is 3.55. The van der Waals surface area contributed by atoms with Gasteiger partial charge in [-0.25, -0.2) is 0 Å². The first-order chi connectivity index (χ1) is 10.7. The summed E-state index contributed by atoms with van der Waals surface area (Å²) < 4.78 is 0. The van der Waals surface area contributed by atoms with Gasteiger partial charge in [0.1, 0.15) is 6.04 Å². The van der Waals surface area contributed by atoms with E-state index in [0.717, 1.165) is 37.9 Å². The van der Waals surface area contributed by atoms with Crippen LogP contribution in [0.3, 0.4) is 0 Å². The third-order valence-electron chi connectivity index (χ3n) is 4.08. The summed E-state index contributed by atoms with van der Waals surface area (Å²) in [6.45, 7) is 8.50. The highest BCUT2D eigenvalue weighted by molar-refractivity contribution is 5.85. The topological polar surface area (TPSA) is 58.4 Å². The molecule has 24 heavy (non-hydrogen) atoms. The fraction of sp³-hybridized carbons (Fsp3) is 0.611. The van der Waals surface area contributed by atoms with Crippen LogP contribution in [-0.2, 0) is 4.79 Å². The molecule has 0 aromatic heterocycles. The normalized spacial score (nSPS) is 12.7. The Labute approximate surface area is 159 Å². The average molecular weight is 378 g/mol. The highest BCUT2D eigenvalue weighted by Gasteiger charge is 2.26. The number of hydrogen-bond acceptors (Lipinski definition) is 3. The molecular weight excluding hydrogens is 345 g/mol. The van der Waals surface area contributed by atoms with Crippen molar-refractivity contribution in [3.05, 3.63) is 35.9 Å². The van der Waals surface area contributed by atoms with Crippen LogP contribution >= 0.6 is 24.8 Å². The van der Waals surface area contributed by atoms with Gasteiger partial charge in [-0.1, -0.05) is 63.9 Å². The van der Waals surface area contributed by atoms with E-state index < -0.39 is 0 Å². The number of unbranched alkanes of at least 4 members (excludes halogenated alkanes) is 1. The molecule has 1 aromatic rings. The molecule has 0 aliphatic rings. The molecule has 1 rings (SSSR count). The standard InChI is InChI=1S/C18H31N3O.2ClH/c1-4-7-13-16(14-19)20-18(22)17(21(5-2)6-3)15-11-9-8-10-12-15;;/h8-12,16-17H,4-7,13-14,19H2,1-3H3,(H,20,22);2*1H. The number of benzene rings is 1. The lowest BCUT2D eigenvalue weighted by atomic mass is 10.0. The minimum Gasteiger partial charge on any atom is -0.350 e. The van der Waals surface area contributed by atoms with E-state index in [1.165, 1.54) is 0 Å². The molecule has 0 aliphatic carbocycles. The number of nitrogens with two attached hydrogens (primary N) is 1. The Kier molecular flexibility index (Phi) is 15.4. The molecule has 140 valence electrons. The van der Waals surface area contributed by atoms with Gasteiger partial charge in [0, 0.05) is 12.6 Å². The van der Waals surface area contributed by atoms with Gasteiger partial charge < -0.3 is 11.1 Å². The number of rotatable bonds is 10. The monoisotopic (exact) mass is 377 g/mol. The summed E-state index contributed by atoms with van der Waals surface area (Å²) >= 11 is 0. The van der Waals surface area contributed by atoms with Crippen LogP contribution in [0.2, 0.25) is 0 Å². The summed E-state index contributed by atoms with van der Waals surface area (Å²) in [5, 5.41) is 3.14. The molecule has 4 nitrogen and oxygen atoms in total. The predicted molar refractivity (Wildman–Crippen MR) is 107 cm³/mol. The number of likely N-dealkylation sites (N-methyl/N-ethyl adjacent to an activating group) is 1. The molecule has 2 unspecified atom stereocenters. The maximum absolute atomic E-state index is 12.8. The zero-order valence-electron chi connectivity index (χ0n) is 15.0. The Balaban J connectivity index is 0. The van der Waals surface area contributed by atoms with E-state index in [9.17, 15) is 4.79 Å². The molecule has 3 N–H and O–H groups in total. The second-order valence-electron chi connectivity index (χ2n) is 5.62. The maximum atomic E-state index is 12.8. The van der Waals surface area contributed by atoms with Gasteiger partial charge in [-0.2, -0.15) is 0 Å². The molecular formula is C18H33Cl2N3O. The smallest absolute Gasteiger partial charge is 0.242 e. The Hall–Kier alpha value is -0.810. The number of halogens is 2. The van der Waals surface area contributed by atoms with Gasteiger partial charge >= 0.3 is 0 Å². The van der Waals surface area contributed by atoms with Gasteiger partial charge in [0.15, 0.2) is 0 Å². The van der Waals surface area contributed by atoms with Gasteiger partial charge in [0.25, 0.3) is 0 Å². The van der Waals surface area contributed by atoms with Crippen LogP contribution in [0.15, 0.2) is 30.3 Å². The van der Waals surface area contributed by atoms with E-state index in [-0.39, 0.29) is 42.8 Å². The van der Waals surface area contributed by atoms with E-state index in [1.54, 1.807) is 0 Å². The quantitative estimate of drug-likeness (QED) is 0.655. The first-order valence-electron chi connectivity index (χ1n) is 8.47. The lowest BCUT2D eigenvalue weighted by molar-refractivity contribution is -0.127. The highest BCUT2D eigenvalue weighted by Crippen LogP contribution is 2.21. The third kappa shape index (κ3) is 7.84. The number of carbonyl (C=O) groups excluding carboxylic acids is 1. The fourth-order valence-electron chi connectivity index (χ4n) is 2.73. The lowest BCUT2D eigenvalue weighted by Gasteiger charge is -2.30. The van der Waals surface area contributed by atoms with Gasteiger partial charge in [0.2, 0.25) is 5.91 Å². The number of nitrogens with zero attached hydrogens (tertiary/aromatic N) is 1. The zero-order chi connectivity index (χ0) is 16.4. The van der Waals surface area contributed by atoms with Crippen molar-refractivity contribution in [1.29, 1.82) is 0 Å². The van der Waals surface area contributed by atoms with E-state index in [0.29, 0.717) is 6.54 Å². The highest BCUT2D eigenvalue weighted by atomic mass is 35.5. The van der Waals surface area contributed by atoms with Crippen LogP contribution in [0.25, 0.3) is 0 Å². The average Bonchev–Trinajstić information content (AvgIpc) is 2.56. The number of hydrogen-bond donors (Lipinski definition) is 2. The van der Waals surface area contributed by atoms with E-state index in [2.05, 4.69) is 31.0 Å². The van der Waals surface area contributed by atoms with Crippen LogP contribution < -0.4 is 11.1 Å². The molecule has 0 fully saturated rings. The molecule has 1 aromatic carbocycles. The Morgan fingerprint density at radius 3 is 2.17 bits per heavy atom. The van der Waals surface area contributed by atoms with Crippen molar-refractivity contribution >= 4 is 30.7 Å². The van der Waals surface area contributed by atoms with E-state index >= 15 is 0 Å². The molecule has 0 aliphatic heterocycles. The molecule has 2 atom stereocenters. The lowest BCUT2D eigenvalue weighted by Crippen LogP contribution is -2.47. The van der Waals surface area contributed by atoms with Crippen molar-refractivity contribution in [2.75, 3.05) is 19.6 Å². The first kappa shape index (κ1) is 25.4. The molecule has 6 heteroatoms. The minimum absolute atomic E-state index is 0. The third-order valence-corrected chi connectivity index (χ3v) is 4.08. The van der Waals surface area contributed by atoms with Crippen molar-refractivity contribution in [1.82, 2.24) is 10.2 Å². The van der Waals surface area contributed by atoms with Crippen LogP contribution in [-0.4, -0.2) is 36.5 Å². The van der Waals surface area contributed by atoms with Crippen molar-refractivity contribution in [2.45, 2.75) is 52.1 Å². The van der Waals surface area contributed by atoms with Crippen LogP contribution in [0.5, 0.6) is 0 Å². The summed E-state index contributed by atoms with van der Waals surface area (Å²) in [6.07, 6.45) is 3.15. The summed E-state index contributed by atoms with van der Waals surface area (Å²) in [5.41, 5.74) is 6.85. The van der Waals surface area contributed by atoms with Crippen molar-refractivity contribution in [2.24, 2.45) is 5.73 Å². The number of nitrogens with one attached hydrogen (secondary N) is 1. The fourth-order valence-corrected chi connectivity index (χ4v) is 2.73. The van der Waals surface area contributed by atoms with Crippen molar-refractivity contribution in [3.63, 3.8) is 0 Å². The minimum atomic E-state index is -0.244. The van der Waals surface area contributed by atoms with Gasteiger partial charge in [-0.3, -0.25) is 9.69 Å². The van der Waals surface area contributed by atoms with Gasteiger partial charge in [0.05, 0.1) is 0 Å². The Morgan fingerprint density at radius 2 is 1.71 bits per heavy atom. The molecule has 1 amide bonds. The van der Waals surface area contributed by atoms with E-state index in [1.807, 2.05) is 30.3 Å². The molecule has 0 heterocycles. The van der Waals surface area contributed by atoms with Gasteiger partial charge in [-0.15, -0.1) is 24.8 Å². The van der Waals surface area contributed by atoms with Crippen LogP contribution in [0.1, 0.15) is 51.6 Å². The molecule has 0 saturated heterocycles. The second-order valence-corrected chi connectivity index (χ2v) is 5.62. The summed E-state index contributed by atoms with van der Waals surface area (Å²) in [4.78, 5) is 15.0. The van der Waals surface area contributed by atoms with E-state index in [4.69, 9.17) is 5.73 Å². The SMILES string of the molecule is CCCCC(CN)NC(=O)C(c1ccccc1)N(CC)CC.Cl.Cl. The molecule has 0 saturated carbocycles. The number of amides is 1. The Morgan fingerprint density at radius 1 is 1.12 bits per heavy atom. The van der Waals surface area contributed by atoms with Crippen molar-refractivity contribution < 1.29 is 4.79 Å². The molecule has 0 spiro atoms. The summed E-state index contributed by atoms with van der Waals surface area (Å²) in [5.74, 6) is 0.0569. The second kappa shape index (κ2) is 14.5. The molecule has 0 bridgehead atoms. The largest absolute Gasteiger partial charge is 0.350 e. The summed E-state index contributed by atoms with van der Waals surface area (Å²) in [6, 6.07) is 9.80. The van der Waals surface area contributed by atoms with Gasteiger partial charge in [-0.05, 0) is 25.1 Å². The van der Waals surface area contributed by atoms with Crippen LogP contribution in [0.4, 0.5) is 0 Å². The first-order valence-corrected chi connectivity index (χ1v) is 8.47. The zero-order valence-corrected chi connectivity index (χ0v) is 16.7. The Bertz CT molecular complexity index is 428.